The number of nitrogens with zero attached hydrogens (tertiary/aromatic N) is 1. The lowest BCUT2D eigenvalue weighted by Gasteiger charge is -2.38. The summed E-state index contributed by atoms with van der Waals surface area (Å²) >= 11 is 0. The maximum absolute atomic E-state index is 12.3. The van der Waals surface area contributed by atoms with Gasteiger partial charge in [-0.3, -0.25) is 14.5 Å². The molecule has 0 radical (unpaired) electrons. The number of aliphatic hydroxyl groups is 2. The number of carbonyl (C=O) groups is 2. The normalized spacial score (nSPS) is 21.9. The maximum Gasteiger partial charge on any atom is 0.303 e. The van der Waals surface area contributed by atoms with Crippen molar-refractivity contribution in [2.24, 2.45) is 0 Å². The molecule has 4 N–H and O–H groups in total. The van der Waals surface area contributed by atoms with Gasteiger partial charge in [-0.25, -0.2) is 0 Å². The first-order valence-electron chi connectivity index (χ1n) is 15.9. The van der Waals surface area contributed by atoms with E-state index in [2.05, 4.69) is 22.3 Å². The molecular weight excluding hydrogens is 572 g/mol. The van der Waals surface area contributed by atoms with E-state index in [4.69, 9.17) is 14.6 Å². The predicted octanol–water partition coefficient (Wildman–Crippen LogP) is 5.11. The summed E-state index contributed by atoms with van der Waals surface area (Å²) in [5.74, 6) is -0.932. The van der Waals surface area contributed by atoms with Gasteiger partial charge in [0.15, 0.2) is 6.29 Å². The Bertz CT molecular complexity index is 1410. The Balaban J connectivity index is 1.29. The Morgan fingerprint density at radius 3 is 2.38 bits per heavy atom. The van der Waals surface area contributed by atoms with Crippen molar-refractivity contribution >= 4 is 11.9 Å². The van der Waals surface area contributed by atoms with Gasteiger partial charge in [-0.1, -0.05) is 60.7 Å². The lowest BCUT2D eigenvalue weighted by molar-refractivity contribution is -0.253. The number of ether oxygens (including phenoxy) is 2. The third-order valence-corrected chi connectivity index (χ3v) is 8.72. The number of unbranched alkanes of at least 4 members (excludes halogenated alkanes) is 1. The molecule has 240 valence electrons. The van der Waals surface area contributed by atoms with Crippen LogP contribution in [0.5, 0.6) is 0 Å². The van der Waals surface area contributed by atoms with Crippen LogP contribution in [0.2, 0.25) is 0 Å². The third kappa shape index (κ3) is 9.22. The molecule has 0 aliphatic carbocycles. The van der Waals surface area contributed by atoms with Crippen molar-refractivity contribution in [1.82, 2.24) is 10.2 Å². The van der Waals surface area contributed by atoms with Crippen LogP contribution in [0.1, 0.15) is 79.6 Å². The van der Waals surface area contributed by atoms with Crippen LogP contribution in [0.25, 0.3) is 11.1 Å². The molecule has 2 saturated heterocycles. The molecule has 0 bridgehead atoms. The Labute approximate surface area is 264 Å². The summed E-state index contributed by atoms with van der Waals surface area (Å²) in [6.07, 6.45) is 3.33. The van der Waals surface area contributed by atoms with Gasteiger partial charge in [-0.2, -0.15) is 0 Å². The summed E-state index contributed by atoms with van der Waals surface area (Å²) in [6, 6.07) is 24.2. The smallest absolute Gasteiger partial charge is 0.303 e. The highest BCUT2D eigenvalue weighted by Crippen LogP contribution is 2.39. The van der Waals surface area contributed by atoms with Crippen LogP contribution in [0.4, 0.5) is 0 Å². The van der Waals surface area contributed by atoms with Crippen molar-refractivity contribution in [3.63, 3.8) is 0 Å². The minimum absolute atomic E-state index is 0.00731. The number of rotatable bonds is 14. The van der Waals surface area contributed by atoms with Gasteiger partial charge in [0, 0.05) is 44.0 Å². The molecule has 1 amide bonds. The second-order valence-electron chi connectivity index (χ2n) is 12.0. The molecule has 3 aromatic carbocycles. The van der Waals surface area contributed by atoms with Crippen LogP contribution in [-0.2, 0) is 32.2 Å². The highest BCUT2D eigenvalue weighted by Gasteiger charge is 2.35. The number of nitrogens with one attached hydrogen (secondary N) is 1. The van der Waals surface area contributed by atoms with E-state index in [-0.39, 0.29) is 43.8 Å². The van der Waals surface area contributed by atoms with Crippen molar-refractivity contribution in [2.45, 2.75) is 82.6 Å². The summed E-state index contributed by atoms with van der Waals surface area (Å²) in [5, 5.41) is 31.1. The van der Waals surface area contributed by atoms with Crippen LogP contribution in [0.3, 0.4) is 0 Å². The van der Waals surface area contributed by atoms with Gasteiger partial charge in [-0.15, -0.1) is 0 Å². The number of hydrogen-bond acceptors (Lipinski definition) is 7. The van der Waals surface area contributed by atoms with Gasteiger partial charge >= 0.3 is 5.97 Å². The number of carboxylic acids is 1. The largest absolute Gasteiger partial charge is 0.481 e. The Kier molecular flexibility index (Phi) is 11.7. The van der Waals surface area contributed by atoms with Gasteiger partial charge in [-0.05, 0) is 72.2 Å². The average molecular weight is 617 g/mol. The van der Waals surface area contributed by atoms with Gasteiger partial charge in [0.2, 0.25) is 5.91 Å². The van der Waals surface area contributed by atoms with Crippen LogP contribution in [-0.4, -0.2) is 63.9 Å². The second-order valence-corrected chi connectivity index (χ2v) is 12.0. The van der Waals surface area contributed by atoms with Gasteiger partial charge in [0.05, 0.1) is 25.4 Å². The quantitative estimate of drug-likeness (QED) is 0.184. The van der Waals surface area contributed by atoms with Crippen LogP contribution < -0.4 is 5.32 Å². The standard InChI is InChI=1S/C36H44N2O7/c39-23-25-13-15-27(16-14-25)33-20-32(22-38-17-5-10-31(38)24-40)44-36(45-33)30-9-4-8-29(19-30)28-7-3-6-26(18-28)21-37-34(41)11-1-2-12-35(42)43/h3-4,6-9,13-16,18-19,31-33,36,39-40H,1-2,5,10-12,17,20-24H2,(H,37,41)(H,42,43)/t31-,32-,33+,36+/m0/s1. The lowest BCUT2D eigenvalue weighted by Crippen LogP contribution is -2.42. The van der Waals surface area contributed by atoms with E-state index in [1.807, 2.05) is 60.7 Å². The van der Waals surface area contributed by atoms with E-state index in [0.717, 1.165) is 59.3 Å². The zero-order valence-electron chi connectivity index (χ0n) is 25.6. The van der Waals surface area contributed by atoms with E-state index in [0.29, 0.717) is 32.2 Å². The fourth-order valence-electron chi connectivity index (χ4n) is 6.21. The summed E-state index contributed by atoms with van der Waals surface area (Å²) < 4.78 is 13.2. The molecule has 3 aromatic rings. The number of benzene rings is 3. The number of hydrogen-bond donors (Lipinski definition) is 4. The molecule has 9 nitrogen and oxygen atoms in total. The van der Waals surface area contributed by atoms with Crippen LogP contribution in [0, 0.1) is 0 Å². The number of aliphatic carboxylic acids is 1. The summed E-state index contributed by atoms with van der Waals surface area (Å²) in [7, 11) is 0. The minimum Gasteiger partial charge on any atom is -0.481 e. The monoisotopic (exact) mass is 616 g/mol. The molecule has 9 heteroatoms. The van der Waals surface area contributed by atoms with Crippen molar-refractivity contribution < 1.29 is 34.4 Å². The average Bonchev–Trinajstić information content (AvgIpc) is 3.52. The highest BCUT2D eigenvalue weighted by molar-refractivity contribution is 5.76. The highest BCUT2D eigenvalue weighted by atomic mass is 16.7. The molecule has 4 atom stereocenters. The Morgan fingerprint density at radius 1 is 0.867 bits per heavy atom. The molecular formula is C36H44N2O7. The van der Waals surface area contributed by atoms with Gasteiger partial charge in [0.25, 0.3) is 0 Å². The van der Waals surface area contributed by atoms with Crippen molar-refractivity contribution in [3.05, 3.63) is 95.1 Å². The second kappa shape index (κ2) is 16.1. The summed E-state index contributed by atoms with van der Waals surface area (Å²) in [6.45, 7) is 2.21. The summed E-state index contributed by atoms with van der Waals surface area (Å²) in [5.41, 5.74) is 5.79. The van der Waals surface area contributed by atoms with Crippen LogP contribution in [0.15, 0.2) is 72.8 Å². The first kappa shape index (κ1) is 32.8. The zero-order chi connectivity index (χ0) is 31.6. The molecule has 0 unspecified atom stereocenters. The fourth-order valence-corrected chi connectivity index (χ4v) is 6.21. The van der Waals surface area contributed by atoms with Crippen LogP contribution >= 0.6 is 0 Å². The number of carboxylic acid groups (broad SMARTS) is 1. The Hall–Kier alpha value is -3.60. The van der Waals surface area contributed by atoms with E-state index in [9.17, 15) is 19.8 Å². The van der Waals surface area contributed by atoms with E-state index >= 15 is 0 Å². The van der Waals surface area contributed by atoms with Gasteiger partial charge < -0.3 is 30.1 Å². The molecule has 0 spiro atoms. The van der Waals surface area contributed by atoms with E-state index in [1.54, 1.807) is 0 Å². The van der Waals surface area contributed by atoms with E-state index in [1.165, 1.54) is 0 Å². The number of amides is 1. The predicted molar refractivity (Wildman–Crippen MR) is 170 cm³/mol. The molecule has 0 aromatic heterocycles. The van der Waals surface area contributed by atoms with Crippen molar-refractivity contribution in [3.8, 4) is 11.1 Å². The van der Waals surface area contributed by atoms with Crippen molar-refractivity contribution in [2.75, 3.05) is 19.7 Å². The molecule has 2 aliphatic heterocycles. The first-order valence-corrected chi connectivity index (χ1v) is 15.9. The molecule has 2 heterocycles. The topological polar surface area (TPSA) is 129 Å². The van der Waals surface area contributed by atoms with E-state index < -0.39 is 12.3 Å². The molecule has 45 heavy (non-hydrogen) atoms. The summed E-state index contributed by atoms with van der Waals surface area (Å²) in [4.78, 5) is 25.3. The minimum atomic E-state index is -0.843. The number of carbonyl (C=O) groups excluding carboxylic acids is 1. The molecule has 2 fully saturated rings. The number of aliphatic hydroxyl groups excluding tert-OH is 2. The maximum atomic E-state index is 12.3. The van der Waals surface area contributed by atoms with Gasteiger partial charge in [0.1, 0.15) is 0 Å². The van der Waals surface area contributed by atoms with Crippen molar-refractivity contribution in [1.29, 1.82) is 0 Å². The Morgan fingerprint density at radius 2 is 1.62 bits per heavy atom. The number of likely N-dealkylation sites (tertiary alicyclic amines) is 1. The fraction of sp³-hybridized carbons (Fsp3) is 0.444. The third-order valence-electron chi connectivity index (χ3n) is 8.72. The molecule has 0 saturated carbocycles. The lowest BCUT2D eigenvalue weighted by atomic mass is 9.98. The molecule has 5 rings (SSSR count). The first-order chi connectivity index (χ1) is 21.9. The SMILES string of the molecule is O=C(O)CCCCC(=O)NCc1cccc(-c2cccc([C@@H]3O[C@H](CN4CCC[C@H]4CO)C[C@H](c4ccc(CO)cc4)O3)c2)c1. The zero-order valence-corrected chi connectivity index (χ0v) is 25.6. The molecule has 2 aliphatic rings.